The third-order valence-electron chi connectivity index (χ3n) is 4.30. The van der Waals surface area contributed by atoms with Gasteiger partial charge in [-0.1, -0.05) is 0 Å². The molecule has 0 amide bonds. The quantitative estimate of drug-likeness (QED) is 0.237. The minimum Gasteiger partial charge on any atom is -0.453 e. The molecule has 26 heavy (non-hydrogen) atoms. The molecule has 0 unspecified atom stereocenters. The molecule has 0 saturated heterocycles. The van der Waals surface area contributed by atoms with Gasteiger partial charge in [0.05, 0.1) is 10.8 Å². The number of furan rings is 2. The van der Waals surface area contributed by atoms with Crippen LogP contribution in [0, 0.1) is 34.9 Å². The molecule has 5 aromatic rings. The maximum Gasteiger partial charge on any atom is 0.174 e. The van der Waals surface area contributed by atoms with Crippen molar-refractivity contribution >= 4 is 43.9 Å². The molecular weight excluding hydrogens is 362 g/mol. The van der Waals surface area contributed by atoms with E-state index in [9.17, 15) is 26.3 Å². The van der Waals surface area contributed by atoms with Crippen LogP contribution in [0.3, 0.4) is 0 Å². The van der Waals surface area contributed by atoms with E-state index in [-0.39, 0.29) is 21.9 Å². The highest BCUT2D eigenvalue weighted by Crippen LogP contribution is 2.40. The number of halogens is 6. The van der Waals surface area contributed by atoms with Crippen LogP contribution >= 0.6 is 0 Å². The van der Waals surface area contributed by atoms with Gasteiger partial charge in [-0.15, -0.1) is 0 Å². The van der Waals surface area contributed by atoms with E-state index in [4.69, 9.17) is 8.83 Å². The van der Waals surface area contributed by atoms with Crippen molar-refractivity contribution in [1.29, 1.82) is 0 Å². The Hall–Kier alpha value is -3.16. The number of hydrogen-bond acceptors (Lipinski definition) is 2. The first-order chi connectivity index (χ1) is 12.4. The summed E-state index contributed by atoms with van der Waals surface area (Å²) in [6.07, 6.45) is 0. The van der Waals surface area contributed by atoms with Gasteiger partial charge in [0.2, 0.25) is 0 Å². The molecule has 2 heterocycles. The Morgan fingerprint density at radius 2 is 0.885 bits per heavy atom. The molecule has 0 radical (unpaired) electrons. The van der Waals surface area contributed by atoms with Gasteiger partial charge in [0.15, 0.2) is 46.1 Å². The number of hydrogen-bond donors (Lipinski definition) is 0. The maximum absolute atomic E-state index is 14.1. The molecule has 130 valence electrons. The molecule has 0 N–H and O–H groups in total. The Bertz CT molecular complexity index is 1290. The number of rotatable bonds is 0. The van der Waals surface area contributed by atoms with Crippen molar-refractivity contribution in [2.45, 2.75) is 0 Å². The minimum absolute atomic E-state index is 0.0521. The Morgan fingerprint density at radius 1 is 0.500 bits per heavy atom. The molecule has 8 heteroatoms. The maximum atomic E-state index is 14.1. The second-order valence-corrected chi connectivity index (χ2v) is 5.77. The molecule has 5 rings (SSSR count). The summed E-state index contributed by atoms with van der Waals surface area (Å²) in [6.45, 7) is 0. The standard InChI is InChI=1S/C18H4F6O2/c19-7-3-9(21)17-13(15(7)23)5-1-11-6(2-12(5)26-17)14-16(24)8(20)4-10(22)18(14)25-11/h1-4H. The lowest BCUT2D eigenvalue weighted by Crippen LogP contribution is -1.88. The van der Waals surface area contributed by atoms with Crippen molar-refractivity contribution in [3.05, 3.63) is 59.2 Å². The summed E-state index contributed by atoms with van der Waals surface area (Å²) in [5.41, 5.74) is -1.31. The first-order valence-electron chi connectivity index (χ1n) is 7.26. The number of fused-ring (bicyclic) bond motifs is 6. The van der Waals surface area contributed by atoms with Crippen molar-refractivity contribution in [3.63, 3.8) is 0 Å². The van der Waals surface area contributed by atoms with Crippen LogP contribution in [0.2, 0.25) is 0 Å². The van der Waals surface area contributed by atoms with Crippen LogP contribution in [0.1, 0.15) is 0 Å². The average molecular weight is 366 g/mol. The molecule has 0 aliphatic rings. The van der Waals surface area contributed by atoms with Gasteiger partial charge in [-0.2, -0.15) is 0 Å². The van der Waals surface area contributed by atoms with E-state index >= 15 is 0 Å². The molecule has 0 saturated carbocycles. The lowest BCUT2D eigenvalue weighted by atomic mass is 10.1. The fraction of sp³-hybridized carbons (Fsp3) is 0. The summed E-state index contributed by atoms with van der Waals surface area (Å²) in [4.78, 5) is 0. The topological polar surface area (TPSA) is 26.3 Å². The molecule has 0 aliphatic heterocycles. The summed E-state index contributed by atoms with van der Waals surface area (Å²) in [5, 5.41) is -1.04. The van der Waals surface area contributed by atoms with Gasteiger partial charge < -0.3 is 8.83 Å². The SMILES string of the molecule is Fc1cc(F)c2oc3cc4c(cc3c2c1F)oc1c(F)cc(F)c(F)c14. The molecule has 0 bridgehead atoms. The molecule has 0 fully saturated rings. The van der Waals surface area contributed by atoms with Crippen molar-refractivity contribution in [2.24, 2.45) is 0 Å². The molecule has 2 aromatic heterocycles. The van der Waals surface area contributed by atoms with E-state index in [0.717, 1.165) is 12.1 Å². The van der Waals surface area contributed by atoms with Gasteiger partial charge in [-0.3, -0.25) is 0 Å². The van der Waals surface area contributed by atoms with E-state index in [2.05, 4.69) is 0 Å². The second-order valence-electron chi connectivity index (χ2n) is 5.77. The van der Waals surface area contributed by atoms with Gasteiger partial charge in [0.1, 0.15) is 11.2 Å². The van der Waals surface area contributed by atoms with Gasteiger partial charge in [-0.25, -0.2) is 26.3 Å². The van der Waals surface area contributed by atoms with Gasteiger partial charge >= 0.3 is 0 Å². The van der Waals surface area contributed by atoms with Crippen LogP contribution in [-0.4, -0.2) is 0 Å². The smallest absolute Gasteiger partial charge is 0.174 e. The summed E-state index contributed by atoms with van der Waals surface area (Å²) < 4.78 is 93.5. The Kier molecular flexibility index (Phi) is 2.74. The Labute approximate surface area is 139 Å². The Balaban J connectivity index is 2.03. The predicted molar refractivity (Wildman–Crippen MR) is 80.7 cm³/mol. The molecule has 0 spiro atoms. The highest BCUT2D eigenvalue weighted by atomic mass is 19.2. The van der Waals surface area contributed by atoms with Gasteiger partial charge in [0.25, 0.3) is 0 Å². The van der Waals surface area contributed by atoms with E-state index < -0.39 is 56.8 Å². The van der Waals surface area contributed by atoms with Crippen molar-refractivity contribution in [2.75, 3.05) is 0 Å². The zero-order valence-electron chi connectivity index (χ0n) is 12.4. The van der Waals surface area contributed by atoms with Crippen LogP contribution in [0.4, 0.5) is 26.3 Å². The Morgan fingerprint density at radius 3 is 1.27 bits per heavy atom. The normalized spacial score (nSPS) is 12.2. The fourth-order valence-corrected chi connectivity index (χ4v) is 3.18. The lowest BCUT2D eigenvalue weighted by molar-refractivity contribution is 0.499. The predicted octanol–water partition coefficient (Wildman–Crippen LogP) is 6.32. The first-order valence-corrected chi connectivity index (χ1v) is 7.26. The summed E-state index contributed by atoms with van der Waals surface area (Å²) in [7, 11) is 0. The van der Waals surface area contributed by atoms with E-state index in [1.807, 2.05) is 0 Å². The first kappa shape index (κ1) is 15.1. The molecular formula is C18H4F6O2. The monoisotopic (exact) mass is 366 g/mol. The van der Waals surface area contributed by atoms with E-state index in [0.29, 0.717) is 12.1 Å². The van der Waals surface area contributed by atoms with Crippen LogP contribution in [-0.2, 0) is 0 Å². The van der Waals surface area contributed by atoms with Crippen LogP contribution in [0.15, 0.2) is 33.1 Å². The largest absolute Gasteiger partial charge is 0.453 e. The highest BCUT2D eigenvalue weighted by molar-refractivity contribution is 6.15. The zero-order valence-corrected chi connectivity index (χ0v) is 12.4. The lowest BCUT2D eigenvalue weighted by Gasteiger charge is -1.96. The van der Waals surface area contributed by atoms with E-state index in [1.165, 1.54) is 0 Å². The van der Waals surface area contributed by atoms with Crippen molar-refractivity contribution < 1.29 is 35.2 Å². The molecule has 3 aromatic carbocycles. The zero-order chi connectivity index (χ0) is 18.3. The second kappa shape index (κ2) is 4.72. The summed E-state index contributed by atoms with van der Waals surface area (Å²) in [6, 6.07) is 2.94. The average Bonchev–Trinajstić information content (AvgIpc) is 3.14. The van der Waals surface area contributed by atoms with Gasteiger partial charge in [-0.05, 0) is 12.1 Å². The third-order valence-corrected chi connectivity index (χ3v) is 4.30. The third kappa shape index (κ3) is 1.73. The highest BCUT2D eigenvalue weighted by Gasteiger charge is 2.24. The van der Waals surface area contributed by atoms with Crippen LogP contribution in [0.25, 0.3) is 43.9 Å². The van der Waals surface area contributed by atoms with Gasteiger partial charge in [0, 0.05) is 22.9 Å². The van der Waals surface area contributed by atoms with Crippen molar-refractivity contribution in [3.8, 4) is 0 Å². The summed E-state index contributed by atoms with van der Waals surface area (Å²) >= 11 is 0. The van der Waals surface area contributed by atoms with E-state index in [1.54, 1.807) is 0 Å². The molecule has 0 atom stereocenters. The fourth-order valence-electron chi connectivity index (χ4n) is 3.18. The number of benzene rings is 3. The van der Waals surface area contributed by atoms with Crippen molar-refractivity contribution in [1.82, 2.24) is 0 Å². The molecule has 0 aliphatic carbocycles. The summed E-state index contributed by atoms with van der Waals surface area (Å²) in [5.74, 6) is -7.75. The molecule has 2 nitrogen and oxygen atoms in total. The van der Waals surface area contributed by atoms with Crippen LogP contribution in [0.5, 0.6) is 0 Å². The van der Waals surface area contributed by atoms with Crippen LogP contribution < -0.4 is 0 Å². The minimum atomic E-state index is -1.42.